The lowest BCUT2D eigenvalue weighted by molar-refractivity contribution is -0.116. The maximum atomic E-state index is 12.9. The summed E-state index contributed by atoms with van der Waals surface area (Å²) >= 11 is 0. The molecule has 0 aliphatic carbocycles. The van der Waals surface area contributed by atoms with Crippen LogP contribution in [-0.4, -0.2) is 27.5 Å². The predicted octanol–water partition coefficient (Wildman–Crippen LogP) is 2.37. The van der Waals surface area contributed by atoms with E-state index >= 15 is 0 Å². The minimum atomic E-state index is -3.86. The molecule has 3 rings (SSSR count). The van der Waals surface area contributed by atoms with E-state index in [9.17, 15) is 17.6 Å². The van der Waals surface area contributed by atoms with E-state index in [0.717, 1.165) is 12.1 Å². The maximum absolute atomic E-state index is 12.9. The smallest absolute Gasteiger partial charge is 0.261 e. The minimum absolute atomic E-state index is 0.0544. The molecule has 6 nitrogen and oxygen atoms in total. The fourth-order valence-corrected chi connectivity index (χ4v) is 3.49. The molecule has 24 heavy (non-hydrogen) atoms. The fraction of sp³-hybridized carbons (Fsp3) is 0.188. The molecule has 126 valence electrons. The van der Waals surface area contributed by atoms with Gasteiger partial charge in [-0.2, -0.15) is 0 Å². The molecule has 0 fully saturated rings. The number of anilines is 2. The van der Waals surface area contributed by atoms with Crippen molar-refractivity contribution in [3.63, 3.8) is 0 Å². The number of fused-ring (bicyclic) bond motifs is 1. The summed E-state index contributed by atoms with van der Waals surface area (Å²) in [5.41, 5.74) is 0.794. The highest BCUT2D eigenvalue weighted by Gasteiger charge is 2.22. The maximum Gasteiger partial charge on any atom is 0.261 e. The van der Waals surface area contributed by atoms with Crippen molar-refractivity contribution in [3.8, 4) is 5.75 Å². The van der Waals surface area contributed by atoms with Crippen LogP contribution in [0.15, 0.2) is 47.4 Å². The van der Waals surface area contributed by atoms with Gasteiger partial charge in [-0.1, -0.05) is 0 Å². The first-order chi connectivity index (χ1) is 11.4. The van der Waals surface area contributed by atoms with Crippen molar-refractivity contribution in [2.75, 3.05) is 22.8 Å². The van der Waals surface area contributed by atoms with E-state index in [1.807, 2.05) is 0 Å². The summed E-state index contributed by atoms with van der Waals surface area (Å²) in [6.45, 7) is 2.22. The van der Waals surface area contributed by atoms with Crippen LogP contribution in [0.4, 0.5) is 15.8 Å². The lowest BCUT2D eigenvalue weighted by Crippen LogP contribution is -2.36. The lowest BCUT2D eigenvalue weighted by Gasteiger charge is -2.29. The quantitative estimate of drug-likeness (QED) is 0.922. The Morgan fingerprint density at radius 2 is 1.92 bits per heavy atom. The van der Waals surface area contributed by atoms with Gasteiger partial charge in [-0.25, -0.2) is 12.8 Å². The first kappa shape index (κ1) is 16.3. The van der Waals surface area contributed by atoms with Gasteiger partial charge in [-0.05, 0) is 42.5 Å². The van der Waals surface area contributed by atoms with Gasteiger partial charge in [0.05, 0.1) is 22.8 Å². The minimum Gasteiger partial charge on any atom is -0.490 e. The number of sulfonamides is 1. The Bertz CT molecular complexity index is 881. The van der Waals surface area contributed by atoms with Crippen LogP contribution in [0.25, 0.3) is 0 Å². The Morgan fingerprint density at radius 3 is 2.58 bits per heavy atom. The number of carbonyl (C=O) groups is 1. The summed E-state index contributed by atoms with van der Waals surface area (Å²) in [6.07, 6.45) is 0. The van der Waals surface area contributed by atoms with E-state index < -0.39 is 15.8 Å². The number of hydrogen-bond donors (Lipinski definition) is 1. The second-order valence-corrected chi connectivity index (χ2v) is 6.94. The molecule has 0 bridgehead atoms. The van der Waals surface area contributed by atoms with E-state index in [0.29, 0.717) is 24.6 Å². The summed E-state index contributed by atoms with van der Waals surface area (Å²) in [7, 11) is -3.86. The van der Waals surface area contributed by atoms with Crippen LogP contribution in [0.5, 0.6) is 5.75 Å². The van der Waals surface area contributed by atoms with E-state index in [2.05, 4.69) is 4.72 Å². The summed E-state index contributed by atoms with van der Waals surface area (Å²) in [6, 6.07) is 9.20. The molecule has 0 radical (unpaired) electrons. The summed E-state index contributed by atoms with van der Waals surface area (Å²) in [5.74, 6) is -0.156. The molecule has 0 saturated carbocycles. The molecule has 1 amide bonds. The van der Waals surface area contributed by atoms with Crippen LogP contribution in [0, 0.1) is 5.82 Å². The molecule has 0 saturated heterocycles. The Hall–Kier alpha value is -2.61. The standard InChI is InChI=1S/C16H15FN2O4S/c1-11(20)19-8-9-23-16-7-4-13(10-15(16)19)18-24(21,22)14-5-2-12(17)3-6-14/h2-7,10,18H,8-9H2,1H3. The number of carbonyl (C=O) groups excluding carboxylic acids is 1. The van der Waals surface area contributed by atoms with Crippen molar-refractivity contribution in [1.29, 1.82) is 0 Å². The van der Waals surface area contributed by atoms with Gasteiger partial charge < -0.3 is 9.64 Å². The molecule has 0 unspecified atom stereocenters. The Morgan fingerprint density at radius 1 is 1.21 bits per heavy atom. The average Bonchev–Trinajstić information content (AvgIpc) is 2.54. The van der Waals surface area contributed by atoms with Gasteiger partial charge in [0.1, 0.15) is 18.2 Å². The number of ether oxygens (including phenoxy) is 1. The van der Waals surface area contributed by atoms with Gasteiger partial charge in [0.15, 0.2) is 0 Å². The SMILES string of the molecule is CC(=O)N1CCOc2ccc(NS(=O)(=O)c3ccc(F)cc3)cc21. The topological polar surface area (TPSA) is 75.7 Å². The molecular weight excluding hydrogens is 335 g/mol. The number of amides is 1. The zero-order valence-electron chi connectivity index (χ0n) is 12.8. The van der Waals surface area contributed by atoms with Crippen LogP contribution >= 0.6 is 0 Å². The van der Waals surface area contributed by atoms with Crippen LogP contribution in [-0.2, 0) is 14.8 Å². The van der Waals surface area contributed by atoms with Crippen LogP contribution in [0.2, 0.25) is 0 Å². The molecule has 2 aromatic rings. The Labute approximate surface area is 138 Å². The van der Waals surface area contributed by atoms with Crippen molar-refractivity contribution in [3.05, 3.63) is 48.3 Å². The number of rotatable bonds is 3. The Balaban J connectivity index is 1.92. The number of hydrogen-bond acceptors (Lipinski definition) is 4. The third kappa shape index (κ3) is 3.18. The average molecular weight is 350 g/mol. The molecule has 2 aromatic carbocycles. The van der Waals surface area contributed by atoms with Crippen molar-refractivity contribution < 1.29 is 22.3 Å². The zero-order valence-corrected chi connectivity index (χ0v) is 13.6. The van der Waals surface area contributed by atoms with E-state index in [1.165, 1.54) is 30.0 Å². The molecular formula is C16H15FN2O4S. The largest absolute Gasteiger partial charge is 0.490 e. The van der Waals surface area contributed by atoms with Crippen molar-refractivity contribution in [2.45, 2.75) is 11.8 Å². The summed E-state index contributed by atoms with van der Waals surface area (Å²) in [4.78, 5) is 13.2. The normalized spacial score (nSPS) is 13.8. The third-order valence-corrected chi connectivity index (χ3v) is 4.98. The van der Waals surface area contributed by atoms with Gasteiger partial charge in [0.25, 0.3) is 10.0 Å². The lowest BCUT2D eigenvalue weighted by atomic mass is 10.2. The van der Waals surface area contributed by atoms with Crippen LogP contribution in [0.1, 0.15) is 6.92 Å². The molecule has 1 heterocycles. The molecule has 8 heteroatoms. The van der Waals surface area contributed by atoms with Crippen LogP contribution in [0.3, 0.4) is 0 Å². The molecule has 1 aliphatic heterocycles. The van der Waals surface area contributed by atoms with E-state index in [-0.39, 0.29) is 16.5 Å². The molecule has 0 atom stereocenters. The van der Waals surface area contributed by atoms with Crippen molar-refractivity contribution >= 4 is 27.3 Å². The van der Waals surface area contributed by atoms with E-state index in [4.69, 9.17) is 4.74 Å². The van der Waals surface area contributed by atoms with Gasteiger partial charge in [-0.15, -0.1) is 0 Å². The molecule has 0 spiro atoms. The van der Waals surface area contributed by atoms with Gasteiger partial charge >= 0.3 is 0 Å². The van der Waals surface area contributed by atoms with Gasteiger partial charge in [-0.3, -0.25) is 9.52 Å². The second kappa shape index (κ2) is 6.12. The zero-order chi connectivity index (χ0) is 17.3. The fourth-order valence-electron chi connectivity index (χ4n) is 2.44. The monoisotopic (exact) mass is 350 g/mol. The van der Waals surface area contributed by atoms with Gasteiger partial charge in [0, 0.05) is 6.92 Å². The first-order valence-electron chi connectivity index (χ1n) is 7.20. The number of benzene rings is 2. The predicted molar refractivity (Wildman–Crippen MR) is 87.2 cm³/mol. The molecule has 0 aromatic heterocycles. The van der Waals surface area contributed by atoms with Gasteiger partial charge in [0.2, 0.25) is 5.91 Å². The summed E-state index contributed by atoms with van der Waals surface area (Å²) < 4.78 is 45.5. The molecule has 1 N–H and O–H groups in total. The van der Waals surface area contributed by atoms with Crippen LogP contribution < -0.4 is 14.4 Å². The Kier molecular flexibility index (Phi) is 4.15. The highest BCUT2D eigenvalue weighted by Crippen LogP contribution is 2.34. The first-order valence-corrected chi connectivity index (χ1v) is 8.68. The number of nitrogens with one attached hydrogen (secondary N) is 1. The van der Waals surface area contributed by atoms with E-state index in [1.54, 1.807) is 12.1 Å². The number of halogens is 1. The van der Waals surface area contributed by atoms with Crippen molar-refractivity contribution in [1.82, 2.24) is 0 Å². The molecule has 1 aliphatic rings. The highest BCUT2D eigenvalue weighted by molar-refractivity contribution is 7.92. The summed E-state index contributed by atoms with van der Waals surface area (Å²) in [5, 5.41) is 0. The number of nitrogens with zero attached hydrogens (tertiary/aromatic N) is 1. The van der Waals surface area contributed by atoms with Crippen molar-refractivity contribution in [2.24, 2.45) is 0 Å². The highest BCUT2D eigenvalue weighted by atomic mass is 32.2. The third-order valence-electron chi connectivity index (χ3n) is 3.58. The second-order valence-electron chi connectivity index (χ2n) is 5.26.